The topological polar surface area (TPSA) is 146 Å². The van der Waals surface area contributed by atoms with Crippen molar-refractivity contribution in [3.8, 4) is 0 Å². The van der Waals surface area contributed by atoms with Crippen LogP contribution < -0.4 is 16.7 Å². The maximum absolute atomic E-state index is 14.5. The summed E-state index contributed by atoms with van der Waals surface area (Å²) < 4.78 is 39.6. The number of hydrogen-bond acceptors (Lipinski definition) is 8. The fourth-order valence-corrected chi connectivity index (χ4v) is 3.61. The number of halogens is 2. The zero-order valence-corrected chi connectivity index (χ0v) is 18.9. The van der Waals surface area contributed by atoms with Gasteiger partial charge in [-0.15, -0.1) is 0 Å². The molecule has 0 saturated carbocycles. The quantitative estimate of drug-likeness (QED) is 0.319. The molecule has 1 aromatic carbocycles. The van der Waals surface area contributed by atoms with E-state index in [1.54, 1.807) is 12.1 Å². The Balaban J connectivity index is 1.34. The lowest BCUT2D eigenvalue weighted by molar-refractivity contribution is -0.150. The number of nitrogens with two attached hydrogens (primary N) is 1. The largest absolute Gasteiger partial charge is 0.463 e. The Morgan fingerprint density at radius 3 is 2.51 bits per heavy atom. The molecule has 0 radical (unpaired) electrons. The van der Waals surface area contributed by atoms with Crippen molar-refractivity contribution in [1.82, 2.24) is 9.55 Å². The van der Waals surface area contributed by atoms with Gasteiger partial charge in [0.1, 0.15) is 18.5 Å². The molecule has 0 bridgehead atoms. The van der Waals surface area contributed by atoms with Gasteiger partial charge in [0.15, 0.2) is 6.10 Å². The number of nitrogens with zero attached hydrogens (tertiary/aromatic N) is 2. The number of carbonyl (C=O) groups is 2. The molecule has 35 heavy (non-hydrogen) atoms. The fourth-order valence-electron chi connectivity index (χ4n) is 3.61. The molecule has 0 aliphatic carbocycles. The number of amides is 1. The van der Waals surface area contributed by atoms with Crippen LogP contribution in [0.4, 0.5) is 20.3 Å². The third-order valence-electron chi connectivity index (χ3n) is 5.48. The molecule has 1 amide bonds. The van der Waals surface area contributed by atoms with Crippen molar-refractivity contribution in [2.45, 2.75) is 62.9 Å². The molecule has 1 aliphatic heterocycles. The fraction of sp³-hybridized carbons (Fsp3) is 0.478. The number of hydrogen-bond donors (Lipinski definition) is 3. The number of benzene rings is 1. The van der Waals surface area contributed by atoms with Crippen LogP contribution in [0.3, 0.4) is 0 Å². The lowest BCUT2D eigenvalue weighted by Crippen LogP contribution is -2.42. The monoisotopic (exact) mass is 494 g/mol. The van der Waals surface area contributed by atoms with Gasteiger partial charge in [0.2, 0.25) is 12.1 Å². The summed E-state index contributed by atoms with van der Waals surface area (Å²) in [6.45, 7) is -0.594. The molecule has 1 fully saturated rings. The Labute approximate surface area is 200 Å². The smallest absolute Gasteiger partial charge is 0.351 e. The van der Waals surface area contributed by atoms with Crippen molar-refractivity contribution in [1.29, 1.82) is 0 Å². The standard InChI is InChI=1S/C23H28F2N4O6/c24-23(25)20(32)16(35-21(23)29-13-12-17(26)28-22(29)33)14-34-19(31)11-7-2-1-6-10-18(30)27-15-8-4-3-5-9-15/h3-5,8-9,12-13,16,20-21,32H,1-2,6-7,10-11,14H2,(H,27,30)(H2,26,28,33). The van der Waals surface area contributed by atoms with Crippen LogP contribution in [0.15, 0.2) is 47.4 Å². The lowest BCUT2D eigenvalue weighted by Gasteiger charge is -2.20. The van der Waals surface area contributed by atoms with Gasteiger partial charge < -0.3 is 25.6 Å². The molecule has 2 heterocycles. The van der Waals surface area contributed by atoms with Crippen LogP contribution in [0.2, 0.25) is 0 Å². The van der Waals surface area contributed by atoms with Gasteiger partial charge in [-0.1, -0.05) is 31.0 Å². The van der Waals surface area contributed by atoms with E-state index in [1.807, 2.05) is 18.2 Å². The Kier molecular flexibility index (Phi) is 8.88. The summed E-state index contributed by atoms with van der Waals surface area (Å²) in [6, 6.07) is 10.3. The Hall–Kier alpha value is -3.38. The highest BCUT2D eigenvalue weighted by Crippen LogP contribution is 2.42. The van der Waals surface area contributed by atoms with E-state index in [1.165, 1.54) is 0 Å². The first-order valence-electron chi connectivity index (χ1n) is 11.2. The zero-order chi connectivity index (χ0) is 25.4. The Morgan fingerprint density at radius 2 is 1.83 bits per heavy atom. The first-order chi connectivity index (χ1) is 16.7. The molecule has 1 saturated heterocycles. The number of aromatic nitrogens is 2. The molecule has 190 valence electrons. The van der Waals surface area contributed by atoms with Gasteiger partial charge >= 0.3 is 17.6 Å². The minimum atomic E-state index is -3.81. The second-order valence-corrected chi connectivity index (χ2v) is 8.20. The van der Waals surface area contributed by atoms with E-state index in [9.17, 15) is 28.3 Å². The van der Waals surface area contributed by atoms with Crippen LogP contribution >= 0.6 is 0 Å². The van der Waals surface area contributed by atoms with Crippen molar-refractivity contribution in [3.63, 3.8) is 0 Å². The number of esters is 1. The van der Waals surface area contributed by atoms with Crippen molar-refractivity contribution in [2.75, 3.05) is 17.7 Å². The normalized spacial score (nSPS) is 20.9. The lowest BCUT2D eigenvalue weighted by atomic mass is 10.1. The summed E-state index contributed by atoms with van der Waals surface area (Å²) in [4.78, 5) is 39.1. The number of ether oxygens (including phenoxy) is 2. The van der Waals surface area contributed by atoms with Crippen molar-refractivity contribution in [2.24, 2.45) is 0 Å². The van der Waals surface area contributed by atoms with Crippen LogP contribution in [-0.4, -0.2) is 51.3 Å². The summed E-state index contributed by atoms with van der Waals surface area (Å²) in [5, 5.41) is 12.8. The van der Waals surface area contributed by atoms with Crippen LogP contribution in [0, 0.1) is 0 Å². The first-order valence-corrected chi connectivity index (χ1v) is 11.2. The summed E-state index contributed by atoms with van der Waals surface area (Å²) in [6.07, 6.45) is -1.93. The highest BCUT2D eigenvalue weighted by atomic mass is 19.3. The molecule has 4 N–H and O–H groups in total. The van der Waals surface area contributed by atoms with E-state index >= 15 is 0 Å². The van der Waals surface area contributed by atoms with Crippen LogP contribution in [0.1, 0.15) is 44.8 Å². The zero-order valence-electron chi connectivity index (χ0n) is 18.9. The molecule has 0 spiro atoms. The second kappa shape index (κ2) is 11.8. The average molecular weight is 494 g/mol. The predicted octanol–water partition coefficient (Wildman–Crippen LogP) is 2.24. The van der Waals surface area contributed by atoms with E-state index in [2.05, 4.69) is 10.3 Å². The number of alkyl halides is 2. The molecule has 3 atom stereocenters. The molecule has 3 rings (SSSR count). The maximum atomic E-state index is 14.5. The number of unbranched alkanes of at least 4 members (excludes halogenated alkanes) is 3. The number of anilines is 2. The number of aliphatic hydroxyl groups is 1. The van der Waals surface area contributed by atoms with Gasteiger partial charge in [-0.25, -0.2) is 4.79 Å². The molecular formula is C23H28F2N4O6. The number of carbonyl (C=O) groups excluding carboxylic acids is 2. The van der Waals surface area contributed by atoms with Gasteiger partial charge in [0.25, 0.3) is 0 Å². The third-order valence-corrected chi connectivity index (χ3v) is 5.48. The van der Waals surface area contributed by atoms with Crippen molar-refractivity contribution >= 4 is 23.4 Å². The molecule has 1 aromatic heterocycles. The highest BCUT2D eigenvalue weighted by Gasteiger charge is 2.60. The molecule has 3 unspecified atom stereocenters. The molecule has 12 heteroatoms. The van der Waals surface area contributed by atoms with Gasteiger partial charge in [0.05, 0.1) is 0 Å². The third kappa shape index (κ3) is 7.06. The number of aliphatic hydroxyl groups excluding tert-OH is 1. The minimum Gasteiger partial charge on any atom is -0.463 e. The van der Waals surface area contributed by atoms with E-state index in [4.69, 9.17) is 15.2 Å². The van der Waals surface area contributed by atoms with Gasteiger partial charge in [-0.2, -0.15) is 13.8 Å². The molecular weight excluding hydrogens is 466 g/mol. The average Bonchev–Trinajstić information content (AvgIpc) is 3.04. The highest BCUT2D eigenvalue weighted by molar-refractivity contribution is 5.90. The summed E-state index contributed by atoms with van der Waals surface area (Å²) in [5.74, 6) is -4.67. The van der Waals surface area contributed by atoms with Crippen LogP contribution in [0.5, 0.6) is 0 Å². The van der Waals surface area contributed by atoms with E-state index in [0.717, 1.165) is 24.4 Å². The number of para-hydroxylation sites is 1. The maximum Gasteiger partial charge on any atom is 0.351 e. The predicted molar refractivity (Wildman–Crippen MR) is 122 cm³/mol. The second-order valence-electron chi connectivity index (χ2n) is 8.20. The van der Waals surface area contributed by atoms with Crippen molar-refractivity contribution < 1.29 is 33.0 Å². The summed E-state index contributed by atoms with van der Waals surface area (Å²) in [5.41, 5.74) is 5.04. The number of nitrogen functional groups attached to an aromatic ring is 1. The molecule has 10 nitrogen and oxygen atoms in total. The molecule has 1 aliphatic rings. The van der Waals surface area contributed by atoms with Crippen LogP contribution in [-0.2, 0) is 19.1 Å². The summed E-state index contributed by atoms with van der Waals surface area (Å²) >= 11 is 0. The molecule has 2 aromatic rings. The minimum absolute atomic E-state index is 0.0557. The van der Waals surface area contributed by atoms with E-state index in [-0.39, 0.29) is 18.1 Å². The Bertz CT molecular complexity index is 1070. The number of nitrogens with one attached hydrogen (secondary N) is 1. The van der Waals surface area contributed by atoms with Crippen molar-refractivity contribution in [3.05, 3.63) is 53.1 Å². The van der Waals surface area contributed by atoms with E-state index < -0.39 is 42.6 Å². The van der Waals surface area contributed by atoms with E-state index in [0.29, 0.717) is 30.3 Å². The van der Waals surface area contributed by atoms with Gasteiger partial charge in [0, 0.05) is 24.7 Å². The van der Waals surface area contributed by atoms with Gasteiger partial charge in [-0.3, -0.25) is 14.2 Å². The Morgan fingerprint density at radius 1 is 1.14 bits per heavy atom. The first kappa shape index (κ1) is 26.2. The van der Waals surface area contributed by atoms with Gasteiger partial charge in [-0.05, 0) is 31.0 Å². The van der Waals surface area contributed by atoms with Crippen LogP contribution in [0.25, 0.3) is 0 Å². The number of rotatable bonds is 11. The SMILES string of the molecule is Nc1ccn(C2OC(COC(=O)CCCCCCC(=O)Nc3ccccc3)C(O)C2(F)F)c(=O)n1. The summed E-state index contributed by atoms with van der Waals surface area (Å²) in [7, 11) is 0.